The summed E-state index contributed by atoms with van der Waals surface area (Å²) in [6.45, 7) is 1.87. The van der Waals surface area contributed by atoms with Crippen LogP contribution in [0.2, 0.25) is 0 Å². The monoisotopic (exact) mass is 422 g/mol. The minimum absolute atomic E-state index is 0.111. The third-order valence-electron chi connectivity index (χ3n) is 5.69. The lowest BCUT2D eigenvalue weighted by Gasteiger charge is -2.41. The number of H-pyrrole nitrogens is 1. The molecule has 1 saturated heterocycles. The van der Waals surface area contributed by atoms with Gasteiger partial charge in [0.1, 0.15) is 11.3 Å². The van der Waals surface area contributed by atoms with Crippen molar-refractivity contribution in [3.8, 4) is 0 Å². The maximum atomic E-state index is 12.6. The number of halogens is 3. The molecule has 4 rings (SSSR count). The first-order valence-corrected chi connectivity index (χ1v) is 9.64. The molecule has 2 fully saturated rings. The molecule has 0 bridgehead atoms. The SMILES string of the molecule is NC(=O)/C=C/c1c[nH]c2ncc(N3CCN(C(=O)[C@H]4C[C@@H](C(F)(F)F)C4)CC3)nc12. The molecule has 0 unspecified atom stereocenters. The van der Waals surface area contributed by atoms with Crippen LogP contribution in [0.25, 0.3) is 17.2 Å². The third-order valence-corrected chi connectivity index (χ3v) is 5.69. The molecule has 30 heavy (non-hydrogen) atoms. The zero-order valence-corrected chi connectivity index (χ0v) is 16.0. The van der Waals surface area contributed by atoms with Crippen molar-refractivity contribution in [3.05, 3.63) is 24.0 Å². The number of nitrogens with one attached hydrogen (secondary N) is 1. The topological polar surface area (TPSA) is 108 Å². The fourth-order valence-electron chi connectivity index (χ4n) is 3.85. The Morgan fingerprint density at radius 2 is 1.90 bits per heavy atom. The Morgan fingerprint density at radius 1 is 1.20 bits per heavy atom. The average molecular weight is 422 g/mol. The number of primary amides is 1. The summed E-state index contributed by atoms with van der Waals surface area (Å²) in [5, 5.41) is 0. The largest absolute Gasteiger partial charge is 0.391 e. The molecular formula is C19H21F3N6O2. The van der Waals surface area contributed by atoms with E-state index in [0.717, 1.165) is 0 Å². The van der Waals surface area contributed by atoms with Crippen molar-refractivity contribution in [1.82, 2.24) is 19.9 Å². The van der Waals surface area contributed by atoms with E-state index >= 15 is 0 Å². The van der Waals surface area contributed by atoms with Gasteiger partial charge in [-0.2, -0.15) is 13.2 Å². The Kier molecular flexibility index (Phi) is 5.12. The standard InChI is InChI=1S/C19H21F3N6O2/c20-19(21,22)13-7-12(8-13)18(30)28-5-3-27(4-6-28)15-10-25-17-16(26-15)11(9-24-17)1-2-14(23)29/h1-2,9-10,12-13H,3-8H2,(H2,23,29)(H,24,25)/b2-1+/t12-,13+. The molecule has 1 saturated carbocycles. The summed E-state index contributed by atoms with van der Waals surface area (Å²) in [6.07, 6.45) is 1.67. The number of rotatable bonds is 4. The van der Waals surface area contributed by atoms with E-state index in [9.17, 15) is 22.8 Å². The van der Waals surface area contributed by atoms with Crippen molar-refractivity contribution in [2.24, 2.45) is 17.6 Å². The molecular weight excluding hydrogens is 401 g/mol. The molecule has 0 radical (unpaired) electrons. The highest BCUT2D eigenvalue weighted by atomic mass is 19.4. The number of fused-ring (bicyclic) bond motifs is 1. The normalized spacial score (nSPS) is 22.5. The molecule has 0 atom stereocenters. The van der Waals surface area contributed by atoms with Gasteiger partial charge in [0.15, 0.2) is 5.65 Å². The van der Waals surface area contributed by atoms with Crippen LogP contribution in [0.15, 0.2) is 18.5 Å². The number of aromatic nitrogens is 3. The molecule has 2 aromatic heterocycles. The van der Waals surface area contributed by atoms with Crippen LogP contribution in [0.4, 0.5) is 19.0 Å². The van der Waals surface area contributed by atoms with Gasteiger partial charge < -0.3 is 20.5 Å². The average Bonchev–Trinajstić information content (AvgIpc) is 3.06. The van der Waals surface area contributed by atoms with Gasteiger partial charge in [0, 0.05) is 49.9 Å². The van der Waals surface area contributed by atoms with Gasteiger partial charge in [-0.25, -0.2) is 9.97 Å². The van der Waals surface area contributed by atoms with Gasteiger partial charge in [-0.1, -0.05) is 0 Å². The molecule has 8 nitrogen and oxygen atoms in total. The summed E-state index contributed by atoms with van der Waals surface area (Å²) in [6, 6.07) is 0. The molecule has 2 aliphatic rings. The Labute approximate surface area is 169 Å². The molecule has 11 heteroatoms. The molecule has 0 aromatic carbocycles. The molecule has 0 spiro atoms. The second-order valence-corrected chi connectivity index (χ2v) is 7.62. The van der Waals surface area contributed by atoms with Crippen molar-refractivity contribution in [1.29, 1.82) is 0 Å². The number of carbonyl (C=O) groups is 2. The summed E-state index contributed by atoms with van der Waals surface area (Å²) >= 11 is 0. The first-order chi connectivity index (χ1) is 14.2. The van der Waals surface area contributed by atoms with E-state index in [2.05, 4.69) is 15.0 Å². The fourth-order valence-corrected chi connectivity index (χ4v) is 3.85. The van der Waals surface area contributed by atoms with Gasteiger partial charge in [0.05, 0.1) is 12.1 Å². The second kappa shape index (κ2) is 7.62. The number of hydrogen-bond donors (Lipinski definition) is 2. The molecule has 3 N–H and O–H groups in total. The van der Waals surface area contributed by atoms with Crippen LogP contribution in [0.1, 0.15) is 18.4 Å². The summed E-state index contributed by atoms with van der Waals surface area (Å²) in [4.78, 5) is 39.0. The fraction of sp³-hybridized carbons (Fsp3) is 0.474. The van der Waals surface area contributed by atoms with Crippen LogP contribution in [-0.4, -0.2) is 64.0 Å². The first-order valence-electron chi connectivity index (χ1n) is 9.64. The highest BCUT2D eigenvalue weighted by Gasteiger charge is 2.50. The van der Waals surface area contributed by atoms with E-state index in [0.29, 0.717) is 48.7 Å². The van der Waals surface area contributed by atoms with Gasteiger partial charge in [0.25, 0.3) is 0 Å². The van der Waals surface area contributed by atoms with Crippen LogP contribution >= 0.6 is 0 Å². The molecule has 1 aliphatic heterocycles. The van der Waals surface area contributed by atoms with Crippen LogP contribution in [0.3, 0.4) is 0 Å². The second-order valence-electron chi connectivity index (χ2n) is 7.62. The quantitative estimate of drug-likeness (QED) is 0.729. The van der Waals surface area contributed by atoms with E-state index in [1.54, 1.807) is 23.4 Å². The highest BCUT2D eigenvalue weighted by Crippen LogP contribution is 2.45. The Hall–Kier alpha value is -3.11. The lowest BCUT2D eigenvalue weighted by Crippen LogP contribution is -2.53. The van der Waals surface area contributed by atoms with Gasteiger partial charge in [-0.05, 0) is 18.9 Å². The minimum Gasteiger partial charge on any atom is -0.366 e. The number of hydrogen-bond acceptors (Lipinski definition) is 5. The van der Waals surface area contributed by atoms with Crippen LogP contribution in [0.5, 0.6) is 0 Å². The van der Waals surface area contributed by atoms with E-state index in [-0.39, 0.29) is 18.7 Å². The van der Waals surface area contributed by atoms with Gasteiger partial charge in [-0.3, -0.25) is 9.59 Å². The maximum Gasteiger partial charge on any atom is 0.391 e. The lowest BCUT2D eigenvalue weighted by molar-refractivity contribution is -0.206. The molecule has 2 aromatic rings. The highest BCUT2D eigenvalue weighted by molar-refractivity contribution is 5.93. The van der Waals surface area contributed by atoms with Crippen LogP contribution in [-0.2, 0) is 9.59 Å². The number of alkyl halides is 3. The van der Waals surface area contributed by atoms with E-state index in [1.165, 1.54) is 6.08 Å². The lowest BCUT2D eigenvalue weighted by atomic mass is 9.73. The van der Waals surface area contributed by atoms with Crippen molar-refractivity contribution >= 4 is 34.9 Å². The predicted octanol–water partition coefficient (Wildman–Crippen LogP) is 1.69. The number of amides is 2. The van der Waals surface area contributed by atoms with Gasteiger partial charge in [0.2, 0.25) is 11.8 Å². The maximum absolute atomic E-state index is 12.6. The summed E-state index contributed by atoms with van der Waals surface area (Å²) in [5.41, 5.74) is 6.97. The predicted molar refractivity (Wildman–Crippen MR) is 103 cm³/mol. The van der Waals surface area contributed by atoms with Crippen molar-refractivity contribution < 1.29 is 22.8 Å². The molecule has 160 valence electrons. The molecule has 1 aliphatic carbocycles. The Balaban J connectivity index is 1.38. The summed E-state index contributed by atoms with van der Waals surface area (Å²) < 4.78 is 37.9. The van der Waals surface area contributed by atoms with Gasteiger partial charge in [-0.15, -0.1) is 0 Å². The Morgan fingerprint density at radius 3 is 2.53 bits per heavy atom. The van der Waals surface area contributed by atoms with E-state index in [1.807, 2.05) is 4.90 Å². The van der Waals surface area contributed by atoms with Gasteiger partial charge >= 0.3 is 6.18 Å². The summed E-state index contributed by atoms with van der Waals surface area (Å²) in [5.74, 6) is -2.01. The van der Waals surface area contributed by atoms with Crippen molar-refractivity contribution in [2.45, 2.75) is 19.0 Å². The molecule has 2 amide bonds. The van der Waals surface area contributed by atoms with E-state index in [4.69, 9.17) is 5.73 Å². The van der Waals surface area contributed by atoms with Crippen LogP contribution < -0.4 is 10.6 Å². The number of anilines is 1. The van der Waals surface area contributed by atoms with Crippen molar-refractivity contribution in [2.75, 3.05) is 31.1 Å². The zero-order valence-electron chi connectivity index (χ0n) is 16.0. The number of carbonyl (C=O) groups excluding carboxylic acids is 2. The number of aromatic amines is 1. The smallest absolute Gasteiger partial charge is 0.366 e. The first kappa shape index (κ1) is 20.2. The molecule has 3 heterocycles. The number of piperazine rings is 1. The summed E-state index contributed by atoms with van der Waals surface area (Å²) in [7, 11) is 0. The third kappa shape index (κ3) is 3.96. The number of nitrogens with two attached hydrogens (primary N) is 1. The zero-order chi connectivity index (χ0) is 21.5. The van der Waals surface area contributed by atoms with Crippen molar-refractivity contribution in [3.63, 3.8) is 0 Å². The minimum atomic E-state index is -4.21. The Bertz CT molecular complexity index is 988. The number of nitrogens with zero attached hydrogens (tertiary/aromatic N) is 4. The van der Waals surface area contributed by atoms with E-state index < -0.39 is 23.9 Å². The van der Waals surface area contributed by atoms with Crippen LogP contribution in [0, 0.1) is 11.8 Å².